The Morgan fingerprint density at radius 1 is 1.07 bits per heavy atom. The number of rotatable bonds is 2. The van der Waals surface area contributed by atoms with E-state index in [9.17, 15) is 10.2 Å². The maximum Gasteiger partial charge on any atom is 0.157 e. The van der Waals surface area contributed by atoms with E-state index in [2.05, 4.69) is 13.8 Å². The van der Waals surface area contributed by atoms with E-state index in [1.807, 2.05) is 20.8 Å². The zero-order valence-corrected chi connectivity index (χ0v) is 10.3. The van der Waals surface area contributed by atoms with Crippen LogP contribution >= 0.6 is 0 Å². The molecule has 2 heteroatoms. The molecule has 0 aliphatic heterocycles. The molecule has 1 aromatic carbocycles. The normalized spacial score (nSPS) is 9.73. The van der Waals surface area contributed by atoms with Crippen LogP contribution in [0.5, 0.6) is 11.5 Å². The van der Waals surface area contributed by atoms with Gasteiger partial charge in [0.05, 0.1) is 0 Å². The summed E-state index contributed by atoms with van der Waals surface area (Å²) in [6, 6.07) is 3.25. The topological polar surface area (TPSA) is 40.5 Å². The van der Waals surface area contributed by atoms with Crippen LogP contribution in [0.2, 0.25) is 0 Å². The first-order valence-electron chi connectivity index (χ1n) is 5.52. The van der Waals surface area contributed by atoms with Gasteiger partial charge >= 0.3 is 0 Å². The molecule has 0 spiro atoms. The molecule has 0 fully saturated rings. The molecular weight excluding hydrogens is 188 g/mol. The number of phenolic OH excluding ortho intramolecular Hbond substituents is 2. The van der Waals surface area contributed by atoms with E-state index in [1.54, 1.807) is 12.1 Å². The number of benzene rings is 1. The van der Waals surface area contributed by atoms with Gasteiger partial charge < -0.3 is 10.2 Å². The Kier molecular flexibility index (Phi) is 5.83. The lowest BCUT2D eigenvalue weighted by molar-refractivity contribution is 0.402. The van der Waals surface area contributed by atoms with E-state index < -0.39 is 0 Å². The lowest BCUT2D eigenvalue weighted by Crippen LogP contribution is -1.96. The van der Waals surface area contributed by atoms with Crippen LogP contribution in [0.25, 0.3) is 0 Å². The fourth-order valence-corrected chi connectivity index (χ4v) is 1.38. The van der Waals surface area contributed by atoms with Crippen molar-refractivity contribution < 1.29 is 10.2 Å². The quantitative estimate of drug-likeness (QED) is 0.732. The fourth-order valence-electron chi connectivity index (χ4n) is 1.38. The average molecular weight is 210 g/mol. The number of hydrogen-bond donors (Lipinski definition) is 2. The van der Waals surface area contributed by atoms with Crippen molar-refractivity contribution in [2.75, 3.05) is 0 Å². The van der Waals surface area contributed by atoms with Crippen molar-refractivity contribution in [2.45, 2.75) is 41.0 Å². The summed E-state index contributed by atoms with van der Waals surface area (Å²) in [5.41, 5.74) is 2.13. The molecule has 86 valence electrons. The molecule has 0 radical (unpaired) electrons. The van der Waals surface area contributed by atoms with Crippen LogP contribution < -0.4 is 0 Å². The monoisotopic (exact) mass is 210 g/mol. The Morgan fingerprint density at radius 2 is 1.53 bits per heavy atom. The van der Waals surface area contributed by atoms with E-state index in [-0.39, 0.29) is 11.5 Å². The van der Waals surface area contributed by atoms with Gasteiger partial charge in [0, 0.05) is 0 Å². The summed E-state index contributed by atoms with van der Waals surface area (Å²) in [5, 5.41) is 18.5. The van der Waals surface area contributed by atoms with Crippen molar-refractivity contribution >= 4 is 0 Å². The first-order chi connectivity index (χ1) is 7.00. The summed E-state index contributed by atoms with van der Waals surface area (Å²) < 4.78 is 0. The minimum atomic E-state index is -0.0370. The second-order valence-corrected chi connectivity index (χ2v) is 3.87. The van der Waals surface area contributed by atoms with Crippen molar-refractivity contribution in [2.24, 2.45) is 5.92 Å². The molecule has 0 bridgehead atoms. The Bertz CT molecular complexity index is 304. The maximum atomic E-state index is 9.29. The van der Waals surface area contributed by atoms with E-state index in [0.29, 0.717) is 5.92 Å². The summed E-state index contributed by atoms with van der Waals surface area (Å²) in [6.07, 6.45) is 0.930. The third kappa shape index (κ3) is 4.24. The van der Waals surface area contributed by atoms with Gasteiger partial charge in [-0.2, -0.15) is 0 Å². The van der Waals surface area contributed by atoms with Crippen molar-refractivity contribution in [3.63, 3.8) is 0 Å². The fraction of sp³-hybridized carbons (Fsp3) is 0.538. The highest BCUT2D eigenvalue weighted by molar-refractivity contribution is 5.45. The summed E-state index contributed by atoms with van der Waals surface area (Å²) in [6.45, 7) is 10.2. The molecular formula is C13H22O2. The molecule has 2 N–H and O–H groups in total. The highest BCUT2D eigenvalue weighted by atomic mass is 16.3. The summed E-state index contributed by atoms with van der Waals surface area (Å²) in [4.78, 5) is 0. The van der Waals surface area contributed by atoms with Crippen molar-refractivity contribution in [1.29, 1.82) is 0 Å². The molecule has 0 saturated carbocycles. The smallest absolute Gasteiger partial charge is 0.157 e. The molecule has 0 amide bonds. The number of phenols is 2. The van der Waals surface area contributed by atoms with Crippen LogP contribution in [0.15, 0.2) is 12.1 Å². The molecule has 0 aromatic heterocycles. The molecule has 0 heterocycles. The SMILES string of the molecule is CC.Cc1cc(O)c(O)cc1CC(C)C. The van der Waals surface area contributed by atoms with Crippen LogP contribution in [0.3, 0.4) is 0 Å². The second-order valence-electron chi connectivity index (χ2n) is 3.87. The van der Waals surface area contributed by atoms with Gasteiger partial charge in [-0.1, -0.05) is 27.7 Å². The van der Waals surface area contributed by atoms with E-state index in [1.165, 1.54) is 0 Å². The lowest BCUT2D eigenvalue weighted by atomic mass is 9.98. The molecule has 0 unspecified atom stereocenters. The molecule has 2 nitrogen and oxygen atoms in total. The number of aryl methyl sites for hydroxylation is 1. The zero-order valence-electron chi connectivity index (χ0n) is 10.3. The third-order valence-electron chi connectivity index (χ3n) is 2.06. The van der Waals surface area contributed by atoms with E-state index >= 15 is 0 Å². The standard InChI is InChI=1S/C11H16O2.C2H6/c1-7(2)4-9-6-11(13)10(12)5-8(9)3;1-2/h5-7,12-13H,4H2,1-3H3;1-2H3. The van der Waals surface area contributed by atoms with Gasteiger partial charge in [-0.25, -0.2) is 0 Å². The van der Waals surface area contributed by atoms with Crippen LogP contribution in [-0.2, 0) is 6.42 Å². The Balaban J connectivity index is 0.000000921. The Labute approximate surface area is 92.6 Å². The zero-order chi connectivity index (χ0) is 12.0. The molecule has 0 saturated heterocycles. The van der Waals surface area contributed by atoms with Gasteiger partial charge in [-0.3, -0.25) is 0 Å². The third-order valence-corrected chi connectivity index (χ3v) is 2.06. The van der Waals surface area contributed by atoms with Gasteiger partial charge in [0.1, 0.15) is 0 Å². The van der Waals surface area contributed by atoms with Crippen LogP contribution in [-0.4, -0.2) is 10.2 Å². The summed E-state index contributed by atoms with van der Waals surface area (Å²) in [5.74, 6) is 0.494. The predicted molar refractivity (Wildman–Crippen MR) is 64.4 cm³/mol. The van der Waals surface area contributed by atoms with Gasteiger partial charge in [-0.05, 0) is 42.5 Å². The first-order valence-corrected chi connectivity index (χ1v) is 5.52. The van der Waals surface area contributed by atoms with Crippen molar-refractivity contribution in [3.8, 4) is 11.5 Å². The minimum absolute atomic E-state index is 0.0266. The molecule has 15 heavy (non-hydrogen) atoms. The van der Waals surface area contributed by atoms with Crippen molar-refractivity contribution in [3.05, 3.63) is 23.3 Å². The van der Waals surface area contributed by atoms with Gasteiger partial charge in [-0.15, -0.1) is 0 Å². The van der Waals surface area contributed by atoms with Gasteiger partial charge in [0.2, 0.25) is 0 Å². The van der Waals surface area contributed by atoms with Crippen LogP contribution in [0, 0.1) is 12.8 Å². The van der Waals surface area contributed by atoms with E-state index in [4.69, 9.17) is 0 Å². The second kappa shape index (κ2) is 6.33. The molecule has 1 aromatic rings. The lowest BCUT2D eigenvalue weighted by Gasteiger charge is -2.09. The molecule has 0 atom stereocenters. The predicted octanol–water partition coefficient (Wildman–Crippen LogP) is 3.63. The summed E-state index contributed by atoms with van der Waals surface area (Å²) >= 11 is 0. The van der Waals surface area contributed by atoms with Crippen LogP contribution in [0.4, 0.5) is 0 Å². The number of hydrogen-bond acceptors (Lipinski definition) is 2. The first kappa shape index (κ1) is 13.8. The average Bonchev–Trinajstić information content (AvgIpc) is 2.17. The Hall–Kier alpha value is -1.18. The van der Waals surface area contributed by atoms with Gasteiger partial charge in [0.25, 0.3) is 0 Å². The number of aromatic hydroxyl groups is 2. The van der Waals surface area contributed by atoms with Crippen molar-refractivity contribution in [1.82, 2.24) is 0 Å². The minimum Gasteiger partial charge on any atom is -0.504 e. The largest absolute Gasteiger partial charge is 0.504 e. The highest BCUT2D eigenvalue weighted by Crippen LogP contribution is 2.28. The van der Waals surface area contributed by atoms with Crippen LogP contribution in [0.1, 0.15) is 38.8 Å². The molecule has 1 rings (SSSR count). The maximum absolute atomic E-state index is 9.29. The summed E-state index contributed by atoms with van der Waals surface area (Å²) in [7, 11) is 0. The van der Waals surface area contributed by atoms with Gasteiger partial charge in [0.15, 0.2) is 11.5 Å². The molecule has 0 aliphatic carbocycles. The highest BCUT2D eigenvalue weighted by Gasteiger charge is 2.06. The van der Waals surface area contributed by atoms with E-state index in [0.717, 1.165) is 17.5 Å². The molecule has 0 aliphatic rings. The Morgan fingerprint density at radius 3 is 2.00 bits per heavy atom.